The van der Waals surface area contributed by atoms with E-state index in [1.807, 2.05) is 0 Å². The van der Waals surface area contributed by atoms with Gasteiger partial charge in [0.05, 0.1) is 0 Å². The van der Waals surface area contributed by atoms with Crippen molar-refractivity contribution in [3.8, 4) is 0 Å². The molecule has 98 valence electrons. The van der Waals surface area contributed by atoms with Crippen LogP contribution in [-0.2, 0) is 9.59 Å². The molecule has 0 atom stereocenters. The summed E-state index contributed by atoms with van der Waals surface area (Å²) in [6.07, 6.45) is 6.77. The van der Waals surface area contributed by atoms with E-state index in [0.29, 0.717) is 13.1 Å². The Hall–Kier alpha value is -1.10. The van der Waals surface area contributed by atoms with E-state index in [-0.39, 0.29) is 6.04 Å². The van der Waals surface area contributed by atoms with Crippen LogP contribution in [0.4, 0.5) is 0 Å². The van der Waals surface area contributed by atoms with Gasteiger partial charge in [-0.2, -0.15) is 0 Å². The molecule has 1 fully saturated rings. The van der Waals surface area contributed by atoms with E-state index >= 15 is 0 Å². The third kappa shape index (κ3) is 4.34. The molecule has 1 rings (SSSR count). The fourth-order valence-corrected chi connectivity index (χ4v) is 2.23. The molecule has 0 unspecified atom stereocenters. The first kappa shape index (κ1) is 14.0. The molecule has 0 bridgehead atoms. The van der Waals surface area contributed by atoms with Crippen LogP contribution in [0.15, 0.2) is 0 Å². The van der Waals surface area contributed by atoms with Crippen LogP contribution >= 0.6 is 0 Å². The number of carbonyl (C=O) groups is 2. The Labute approximate surface area is 103 Å². The van der Waals surface area contributed by atoms with Crippen molar-refractivity contribution < 1.29 is 9.59 Å². The molecule has 0 aromatic carbocycles. The Kier molecular flexibility index (Phi) is 5.97. The van der Waals surface area contributed by atoms with Gasteiger partial charge in [0.1, 0.15) is 0 Å². The van der Waals surface area contributed by atoms with Gasteiger partial charge in [0, 0.05) is 26.2 Å². The molecule has 1 aliphatic carbocycles. The molecule has 0 heterocycles. The van der Waals surface area contributed by atoms with Gasteiger partial charge >= 0.3 is 11.8 Å². The van der Waals surface area contributed by atoms with Gasteiger partial charge in [0.25, 0.3) is 0 Å². The van der Waals surface area contributed by atoms with E-state index in [1.54, 1.807) is 11.9 Å². The molecule has 0 aromatic heterocycles. The average molecular weight is 241 g/mol. The first-order valence-electron chi connectivity index (χ1n) is 6.42. The second-order valence-corrected chi connectivity index (χ2v) is 4.61. The van der Waals surface area contributed by atoms with E-state index in [4.69, 9.17) is 5.73 Å². The summed E-state index contributed by atoms with van der Waals surface area (Å²) < 4.78 is 0. The fraction of sp³-hybridized carbons (Fsp3) is 0.833. The predicted octanol–water partition coefficient (Wildman–Crippen LogP) is 0.242. The molecule has 0 spiro atoms. The van der Waals surface area contributed by atoms with Crippen molar-refractivity contribution in [2.75, 3.05) is 20.1 Å². The second-order valence-electron chi connectivity index (χ2n) is 4.61. The van der Waals surface area contributed by atoms with Crippen LogP contribution in [0.2, 0.25) is 0 Å². The van der Waals surface area contributed by atoms with E-state index in [1.165, 1.54) is 12.8 Å². The van der Waals surface area contributed by atoms with E-state index in [0.717, 1.165) is 25.7 Å². The monoisotopic (exact) mass is 241 g/mol. The smallest absolute Gasteiger partial charge is 0.311 e. The third-order valence-electron chi connectivity index (χ3n) is 3.32. The topological polar surface area (TPSA) is 75.4 Å². The number of nitrogens with one attached hydrogen (secondary N) is 1. The van der Waals surface area contributed by atoms with Crippen molar-refractivity contribution in [3.63, 3.8) is 0 Å². The number of hydrogen-bond donors (Lipinski definition) is 2. The lowest BCUT2D eigenvalue weighted by atomic mass is 10.1. The van der Waals surface area contributed by atoms with Crippen molar-refractivity contribution in [1.29, 1.82) is 0 Å². The van der Waals surface area contributed by atoms with Crippen LogP contribution in [-0.4, -0.2) is 42.9 Å². The lowest BCUT2D eigenvalue weighted by molar-refractivity contribution is -0.146. The number of nitrogens with two attached hydrogens (primary N) is 1. The summed E-state index contributed by atoms with van der Waals surface area (Å²) in [5, 5.41) is 2.51. The molecular formula is C12H23N3O2. The van der Waals surface area contributed by atoms with Crippen molar-refractivity contribution >= 4 is 11.8 Å². The van der Waals surface area contributed by atoms with Crippen LogP contribution < -0.4 is 11.1 Å². The molecule has 5 heteroatoms. The van der Waals surface area contributed by atoms with E-state index < -0.39 is 11.8 Å². The summed E-state index contributed by atoms with van der Waals surface area (Å²) in [5.41, 5.74) is 5.28. The number of rotatable bonds is 3. The van der Waals surface area contributed by atoms with E-state index in [9.17, 15) is 9.59 Å². The molecule has 3 N–H and O–H groups in total. The van der Waals surface area contributed by atoms with Crippen LogP contribution in [0.1, 0.15) is 38.5 Å². The quantitative estimate of drug-likeness (QED) is 0.549. The van der Waals surface area contributed by atoms with Gasteiger partial charge < -0.3 is 16.0 Å². The Morgan fingerprint density at radius 2 is 1.82 bits per heavy atom. The Bertz CT molecular complexity index is 260. The minimum absolute atomic E-state index is 0.216. The summed E-state index contributed by atoms with van der Waals surface area (Å²) in [6, 6.07) is 0.216. The van der Waals surface area contributed by atoms with Crippen molar-refractivity contribution in [2.24, 2.45) is 5.73 Å². The number of hydrogen-bond acceptors (Lipinski definition) is 3. The maximum atomic E-state index is 11.8. The van der Waals surface area contributed by atoms with Gasteiger partial charge in [-0.05, 0) is 12.8 Å². The first-order valence-corrected chi connectivity index (χ1v) is 6.42. The third-order valence-corrected chi connectivity index (χ3v) is 3.32. The van der Waals surface area contributed by atoms with Crippen LogP contribution in [0.5, 0.6) is 0 Å². The van der Waals surface area contributed by atoms with Gasteiger partial charge in [-0.15, -0.1) is 0 Å². The zero-order valence-corrected chi connectivity index (χ0v) is 10.6. The Balaban J connectivity index is 2.46. The highest BCUT2D eigenvalue weighted by Crippen LogP contribution is 2.20. The summed E-state index contributed by atoms with van der Waals surface area (Å²) in [4.78, 5) is 24.9. The molecule has 0 radical (unpaired) electrons. The van der Waals surface area contributed by atoms with Gasteiger partial charge in [-0.3, -0.25) is 9.59 Å². The zero-order chi connectivity index (χ0) is 12.7. The van der Waals surface area contributed by atoms with Crippen molar-refractivity contribution in [1.82, 2.24) is 10.2 Å². The normalized spacial score (nSPS) is 17.3. The fourth-order valence-electron chi connectivity index (χ4n) is 2.23. The molecule has 17 heavy (non-hydrogen) atoms. The Morgan fingerprint density at radius 3 is 2.35 bits per heavy atom. The maximum Gasteiger partial charge on any atom is 0.311 e. The maximum absolute atomic E-state index is 11.8. The predicted molar refractivity (Wildman–Crippen MR) is 66.3 cm³/mol. The molecule has 5 nitrogen and oxygen atoms in total. The van der Waals surface area contributed by atoms with Crippen LogP contribution in [0.3, 0.4) is 0 Å². The number of amides is 2. The second kappa shape index (κ2) is 7.27. The molecule has 1 aliphatic rings. The van der Waals surface area contributed by atoms with Crippen LogP contribution in [0.25, 0.3) is 0 Å². The zero-order valence-electron chi connectivity index (χ0n) is 10.6. The molecular weight excluding hydrogens is 218 g/mol. The van der Waals surface area contributed by atoms with Crippen molar-refractivity contribution in [2.45, 2.75) is 44.6 Å². The SMILES string of the molecule is CN(C(=O)C(=O)NCCN)C1CCCCCC1. The largest absolute Gasteiger partial charge is 0.347 e. The van der Waals surface area contributed by atoms with Gasteiger partial charge in [0.2, 0.25) is 0 Å². The van der Waals surface area contributed by atoms with E-state index in [2.05, 4.69) is 5.32 Å². The summed E-state index contributed by atoms with van der Waals surface area (Å²) in [6.45, 7) is 0.704. The highest BCUT2D eigenvalue weighted by Gasteiger charge is 2.25. The lowest BCUT2D eigenvalue weighted by Gasteiger charge is -2.26. The number of nitrogens with zero attached hydrogens (tertiary/aromatic N) is 1. The first-order chi connectivity index (χ1) is 8.16. The van der Waals surface area contributed by atoms with Gasteiger partial charge in [-0.25, -0.2) is 0 Å². The molecule has 2 amide bonds. The minimum atomic E-state index is -0.540. The number of carbonyl (C=O) groups excluding carboxylic acids is 2. The number of likely N-dealkylation sites (N-methyl/N-ethyl adjacent to an activating group) is 1. The molecule has 0 aliphatic heterocycles. The summed E-state index contributed by atoms with van der Waals surface area (Å²) in [5.74, 6) is -0.979. The van der Waals surface area contributed by atoms with Crippen LogP contribution in [0, 0.1) is 0 Å². The van der Waals surface area contributed by atoms with Crippen molar-refractivity contribution in [3.05, 3.63) is 0 Å². The lowest BCUT2D eigenvalue weighted by Crippen LogP contribution is -2.46. The molecule has 0 saturated heterocycles. The standard InChI is InChI=1S/C12H23N3O2/c1-15(10-6-4-2-3-5-7-10)12(17)11(16)14-9-8-13/h10H,2-9,13H2,1H3,(H,14,16). The molecule has 0 aromatic rings. The van der Waals surface area contributed by atoms with Gasteiger partial charge in [-0.1, -0.05) is 25.7 Å². The van der Waals surface area contributed by atoms with Gasteiger partial charge in [0.15, 0.2) is 0 Å². The summed E-state index contributed by atoms with van der Waals surface area (Å²) in [7, 11) is 1.72. The summed E-state index contributed by atoms with van der Waals surface area (Å²) >= 11 is 0. The molecule has 1 saturated carbocycles. The highest BCUT2D eigenvalue weighted by atomic mass is 16.2. The Morgan fingerprint density at radius 1 is 1.24 bits per heavy atom. The average Bonchev–Trinajstić information content (AvgIpc) is 2.62. The minimum Gasteiger partial charge on any atom is -0.347 e. The highest BCUT2D eigenvalue weighted by molar-refractivity contribution is 6.35.